The summed E-state index contributed by atoms with van der Waals surface area (Å²) in [5.74, 6) is 0.861. The monoisotopic (exact) mass is 388 g/mol. The van der Waals surface area contributed by atoms with Crippen molar-refractivity contribution in [1.29, 1.82) is 0 Å². The molecule has 0 radical (unpaired) electrons. The van der Waals surface area contributed by atoms with Crippen molar-refractivity contribution in [3.05, 3.63) is 52.3 Å². The van der Waals surface area contributed by atoms with E-state index in [9.17, 15) is 0 Å². The molecule has 0 spiro atoms. The highest BCUT2D eigenvalue weighted by molar-refractivity contribution is 7.71. The van der Waals surface area contributed by atoms with Gasteiger partial charge in [0.25, 0.3) is 0 Å². The standard InChI is InChI=1S/C19H21ClN4OS/c20-14-2-1-3-15(12-14)24-8-6-23(7-9-24)10-11-25-16-4-5-17-18(13-16)22-19(26)21-17/h1-5,12-13H,6-11H2,(H2,21,22,26). The molecule has 2 N–H and O–H groups in total. The van der Waals surface area contributed by atoms with Crippen molar-refractivity contribution in [3.8, 4) is 5.75 Å². The number of fused-ring (bicyclic) bond motifs is 1. The number of nitrogens with zero attached hydrogens (tertiary/aromatic N) is 2. The minimum Gasteiger partial charge on any atom is -0.492 e. The SMILES string of the molecule is S=c1[nH]c2ccc(OCCN3CCN(c4cccc(Cl)c4)CC3)cc2[nH]1. The van der Waals surface area contributed by atoms with Gasteiger partial charge in [-0.2, -0.15) is 0 Å². The molecule has 136 valence electrons. The van der Waals surface area contributed by atoms with E-state index in [-0.39, 0.29) is 0 Å². The second kappa shape index (κ2) is 7.70. The van der Waals surface area contributed by atoms with E-state index in [4.69, 9.17) is 28.6 Å². The second-order valence-corrected chi connectivity index (χ2v) is 7.29. The molecule has 7 heteroatoms. The fourth-order valence-electron chi connectivity index (χ4n) is 3.30. The molecule has 4 rings (SSSR count). The normalized spacial score (nSPS) is 15.5. The molecule has 0 aliphatic carbocycles. The summed E-state index contributed by atoms with van der Waals surface area (Å²) in [5, 5.41) is 0.790. The number of hydrogen-bond acceptors (Lipinski definition) is 4. The molecule has 0 saturated carbocycles. The number of anilines is 1. The van der Waals surface area contributed by atoms with Gasteiger partial charge in [0, 0.05) is 49.5 Å². The molecule has 0 amide bonds. The lowest BCUT2D eigenvalue weighted by Crippen LogP contribution is -2.47. The van der Waals surface area contributed by atoms with Gasteiger partial charge in [0.1, 0.15) is 12.4 Å². The van der Waals surface area contributed by atoms with Crippen LogP contribution in [-0.2, 0) is 0 Å². The maximum atomic E-state index is 6.09. The minimum atomic E-state index is 0.634. The zero-order chi connectivity index (χ0) is 17.9. The zero-order valence-corrected chi connectivity index (χ0v) is 15.9. The number of H-pyrrole nitrogens is 2. The lowest BCUT2D eigenvalue weighted by atomic mass is 10.2. The van der Waals surface area contributed by atoms with Gasteiger partial charge in [-0.25, -0.2) is 0 Å². The van der Waals surface area contributed by atoms with Gasteiger partial charge in [0.2, 0.25) is 0 Å². The van der Waals surface area contributed by atoms with Gasteiger partial charge in [-0.05, 0) is 42.5 Å². The van der Waals surface area contributed by atoms with Gasteiger partial charge < -0.3 is 19.6 Å². The van der Waals surface area contributed by atoms with Crippen LogP contribution in [0.4, 0.5) is 5.69 Å². The highest BCUT2D eigenvalue weighted by atomic mass is 35.5. The summed E-state index contributed by atoms with van der Waals surface area (Å²) in [5.41, 5.74) is 3.17. The minimum absolute atomic E-state index is 0.634. The first-order valence-electron chi connectivity index (χ1n) is 8.75. The van der Waals surface area contributed by atoms with Gasteiger partial charge in [-0.15, -0.1) is 0 Å². The molecule has 0 atom stereocenters. The molecule has 2 aromatic carbocycles. The number of aromatic amines is 2. The van der Waals surface area contributed by atoms with Gasteiger partial charge in [0.05, 0.1) is 11.0 Å². The molecule has 1 fully saturated rings. The van der Waals surface area contributed by atoms with E-state index in [2.05, 4.69) is 25.8 Å². The molecule has 0 bridgehead atoms. The van der Waals surface area contributed by atoms with Crippen LogP contribution in [0.15, 0.2) is 42.5 Å². The highest BCUT2D eigenvalue weighted by Crippen LogP contribution is 2.21. The van der Waals surface area contributed by atoms with E-state index in [1.807, 2.05) is 36.4 Å². The first kappa shape index (κ1) is 17.4. The third-order valence-electron chi connectivity index (χ3n) is 4.71. The van der Waals surface area contributed by atoms with Crippen LogP contribution >= 0.6 is 23.8 Å². The molecule has 5 nitrogen and oxygen atoms in total. The first-order valence-corrected chi connectivity index (χ1v) is 9.54. The van der Waals surface area contributed by atoms with E-state index in [0.29, 0.717) is 11.4 Å². The predicted octanol–water partition coefficient (Wildman–Crippen LogP) is 4.08. The largest absolute Gasteiger partial charge is 0.492 e. The highest BCUT2D eigenvalue weighted by Gasteiger charge is 2.17. The Hall–Kier alpha value is -2.02. The fourth-order valence-corrected chi connectivity index (χ4v) is 3.70. The van der Waals surface area contributed by atoms with Crippen molar-refractivity contribution in [2.45, 2.75) is 0 Å². The van der Waals surface area contributed by atoms with Crippen LogP contribution in [0.2, 0.25) is 5.02 Å². The average Bonchev–Trinajstić information content (AvgIpc) is 3.02. The number of ether oxygens (including phenoxy) is 1. The number of halogens is 1. The van der Waals surface area contributed by atoms with E-state index in [1.54, 1.807) is 0 Å². The van der Waals surface area contributed by atoms with Crippen molar-refractivity contribution >= 4 is 40.5 Å². The molecule has 3 aromatic rings. The molecule has 1 aliphatic heterocycles. The molecule has 26 heavy (non-hydrogen) atoms. The zero-order valence-electron chi connectivity index (χ0n) is 14.4. The Morgan fingerprint density at radius 1 is 1.00 bits per heavy atom. The number of benzene rings is 2. The van der Waals surface area contributed by atoms with Crippen LogP contribution in [0.3, 0.4) is 0 Å². The Labute approximate surface area is 162 Å². The third-order valence-corrected chi connectivity index (χ3v) is 5.15. The molecular formula is C19H21ClN4OS. The van der Waals surface area contributed by atoms with E-state index >= 15 is 0 Å². The average molecular weight is 389 g/mol. The van der Waals surface area contributed by atoms with Gasteiger partial charge in [0.15, 0.2) is 4.77 Å². The van der Waals surface area contributed by atoms with Gasteiger partial charge >= 0.3 is 0 Å². The number of nitrogens with one attached hydrogen (secondary N) is 2. The Morgan fingerprint density at radius 2 is 1.81 bits per heavy atom. The number of imidazole rings is 1. The lowest BCUT2D eigenvalue weighted by Gasteiger charge is -2.36. The van der Waals surface area contributed by atoms with Crippen molar-refractivity contribution in [3.63, 3.8) is 0 Å². The van der Waals surface area contributed by atoms with Gasteiger partial charge in [-0.1, -0.05) is 17.7 Å². The van der Waals surface area contributed by atoms with Gasteiger partial charge in [-0.3, -0.25) is 4.90 Å². The van der Waals surface area contributed by atoms with E-state index < -0.39 is 0 Å². The van der Waals surface area contributed by atoms with Crippen LogP contribution in [0, 0.1) is 4.77 Å². The molecule has 2 heterocycles. The van der Waals surface area contributed by atoms with E-state index in [1.165, 1.54) is 5.69 Å². The van der Waals surface area contributed by atoms with Crippen molar-refractivity contribution in [2.24, 2.45) is 0 Å². The topological polar surface area (TPSA) is 47.3 Å². The first-order chi connectivity index (χ1) is 12.7. The van der Waals surface area contributed by atoms with Crippen LogP contribution in [0.25, 0.3) is 11.0 Å². The van der Waals surface area contributed by atoms with Crippen LogP contribution in [0.5, 0.6) is 5.75 Å². The number of rotatable bonds is 5. The molecule has 1 aliphatic rings. The third kappa shape index (κ3) is 4.03. The number of aromatic nitrogens is 2. The van der Waals surface area contributed by atoms with E-state index in [0.717, 1.165) is 54.5 Å². The molecule has 1 saturated heterocycles. The summed E-state index contributed by atoms with van der Waals surface area (Å²) in [4.78, 5) is 11.0. The summed E-state index contributed by atoms with van der Waals surface area (Å²) in [7, 11) is 0. The summed E-state index contributed by atoms with van der Waals surface area (Å²) in [6.45, 7) is 5.66. The van der Waals surface area contributed by atoms with Crippen molar-refractivity contribution in [1.82, 2.24) is 14.9 Å². The maximum absolute atomic E-state index is 6.09. The quantitative estimate of drug-likeness (QED) is 0.646. The number of piperazine rings is 1. The van der Waals surface area contributed by atoms with Crippen LogP contribution < -0.4 is 9.64 Å². The fraction of sp³-hybridized carbons (Fsp3) is 0.316. The smallest absolute Gasteiger partial charge is 0.175 e. The van der Waals surface area contributed by atoms with Crippen LogP contribution in [0.1, 0.15) is 0 Å². The maximum Gasteiger partial charge on any atom is 0.175 e. The molecular weight excluding hydrogens is 368 g/mol. The predicted molar refractivity (Wildman–Crippen MR) is 109 cm³/mol. The molecule has 0 unspecified atom stereocenters. The Kier molecular flexibility index (Phi) is 5.15. The Morgan fingerprint density at radius 3 is 2.62 bits per heavy atom. The Bertz CT molecular complexity index is 946. The molecule has 1 aromatic heterocycles. The summed E-state index contributed by atoms with van der Waals surface area (Å²) in [6, 6.07) is 14.0. The Balaban J connectivity index is 1.26. The summed E-state index contributed by atoms with van der Waals surface area (Å²) >= 11 is 11.2. The lowest BCUT2D eigenvalue weighted by molar-refractivity contribution is 0.200. The number of hydrogen-bond donors (Lipinski definition) is 2. The van der Waals surface area contributed by atoms with Crippen molar-refractivity contribution in [2.75, 3.05) is 44.2 Å². The van der Waals surface area contributed by atoms with Crippen molar-refractivity contribution < 1.29 is 4.74 Å². The van der Waals surface area contributed by atoms with Crippen LogP contribution in [-0.4, -0.2) is 54.2 Å². The summed E-state index contributed by atoms with van der Waals surface area (Å²) < 4.78 is 6.55. The summed E-state index contributed by atoms with van der Waals surface area (Å²) in [6.07, 6.45) is 0. The second-order valence-electron chi connectivity index (χ2n) is 6.44.